The first kappa shape index (κ1) is 9.33. The fourth-order valence-corrected chi connectivity index (χ4v) is 3.35. The van der Waals surface area contributed by atoms with E-state index in [0.717, 1.165) is 48.6 Å². The van der Waals surface area contributed by atoms with Crippen LogP contribution in [0.1, 0.15) is 17.7 Å². The number of rotatable bonds is 1. The van der Waals surface area contributed by atoms with Crippen molar-refractivity contribution in [3.63, 3.8) is 0 Å². The Bertz CT molecular complexity index is 478. The van der Waals surface area contributed by atoms with Gasteiger partial charge in [-0.2, -0.15) is 0 Å². The molecule has 2 heterocycles. The van der Waals surface area contributed by atoms with Gasteiger partial charge in [0.1, 0.15) is 5.82 Å². The lowest BCUT2D eigenvalue weighted by molar-refractivity contribution is 0.739. The molecule has 1 aliphatic carbocycles. The van der Waals surface area contributed by atoms with E-state index in [-0.39, 0.29) is 5.43 Å². The van der Waals surface area contributed by atoms with E-state index in [1.807, 2.05) is 6.26 Å². The second-order valence-electron chi connectivity index (χ2n) is 4.07. The van der Waals surface area contributed by atoms with Crippen molar-refractivity contribution in [1.29, 1.82) is 0 Å². The van der Waals surface area contributed by atoms with Crippen molar-refractivity contribution in [2.45, 2.75) is 30.7 Å². The second kappa shape index (κ2) is 3.30. The first-order valence-electron chi connectivity index (χ1n) is 5.39. The maximum atomic E-state index is 12.2. The van der Waals surface area contributed by atoms with Gasteiger partial charge in [-0.1, -0.05) is 0 Å². The lowest BCUT2D eigenvalue weighted by Crippen LogP contribution is -2.17. The number of hydrogen-bond donors (Lipinski definition) is 1. The van der Waals surface area contributed by atoms with Crippen LogP contribution in [0.3, 0.4) is 0 Å². The number of fused-ring (bicyclic) bond motifs is 3. The van der Waals surface area contributed by atoms with Gasteiger partial charge < -0.3 is 9.88 Å². The Morgan fingerprint density at radius 3 is 3.07 bits per heavy atom. The minimum Gasteiger partial charge on any atom is -0.369 e. The van der Waals surface area contributed by atoms with Crippen molar-refractivity contribution >= 4 is 17.6 Å². The van der Waals surface area contributed by atoms with E-state index >= 15 is 0 Å². The Morgan fingerprint density at radius 2 is 2.27 bits per heavy atom. The van der Waals surface area contributed by atoms with Gasteiger partial charge in [0.2, 0.25) is 5.43 Å². The first-order valence-corrected chi connectivity index (χ1v) is 6.62. The van der Waals surface area contributed by atoms with E-state index in [1.54, 1.807) is 11.8 Å². The molecule has 0 spiro atoms. The maximum absolute atomic E-state index is 12.2. The topological polar surface area (TPSA) is 34.0 Å². The summed E-state index contributed by atoms with van der Waals surface area (Å²) in [5, 5.41) is 3.33. The molecule has 1 N–H and O–H groups in total. The molecule has 4 heteroatoms. The quantitative estimate of drug-likeness (QED) is 0.731. The highest BCUT2D eigenvalue weighted by Gasteiger charge is 2.26. The molecule has 3 rings (SSSR count). The molecule has 15 heavy (non-hydrogen) atoms. The Hall–Kier alpha value is -0.900. The van der Waals surface area contributed by atoms with Crippen molar-refractivity contribution in [3.8, 4) is 0 Å². The normalized spacial score (nSPS) is 17.4. The second-order valence-corrected chi connectivity index (χ2v) is 4.88. The Labute approximate surface area is 92.9 Å². The van der Waals surface area contributed by atoms with Crippen LogP contribution in [0.15, 0.2) is 9.69 Å². The number of thioether (sulfide) groups is 1. The zero-order valence-electron chi connectivity index (χ0n) is 8.80. The average molecular weight is 222 g/mol. The lowest BCUT2D eigenvalue weighted by Gasteiger charge is -2.13. The molecule has 1 aromatic heterocycles. The number of aromatic nitrogens is 1. The van der Waals surface area contributed by atoms with E-state index in [9.17, 15) is 4.79 Å². The van der Waals surface area contributed by atoms with Crippen molar-refractivity contribution < 1.29 is 0 Å². The smallest absolute Gasteiger partial charge is 0.200 e. The number of nitrogens with zero attached hydrogens (tertiary/aromatic N) is 1. The molecule has 0 saturated carbocycles. The molecule has 0 unspecified atom stereocenters. The number of pyridine rings is 1. The standard InChI is InChI=1S/C11H14N2OS/c1-15-10-9(14)7-3-2-4-8(7)13-6-5-12-11(10)13/h12H,2-6H2,1H3. The zero-order valence-corrected chi connectivity index (χ0v) is 9.62. The molecule has 0 radical (unpaired) electrons. The van der Waals surface area contributed by atoms with Crippen LogP contribution in [0.5, 0.6) is 0 Å². The summed E-state index contributed by atoms with van der Waals surface area (Å²) in [5.74, 6) is 1.06. The molecule has 0 atom stereocenters. The van der Waals surface area contributed by atoms with Crippen molar-refractivity contribution in [2.24, 2.45) is 0 Å². The van der Waals surface area contributed by atoms with Crippen molar-refractivity contribution in [1.82, 2.24) is 4.57 Å². The van der Waals surface area contributed by atoms with Crippen LogP contribution in [-0.4, -0.2) is 17.4 Å². The molecule has 3 nitrogen and oxygen atoms in total. The monoisotopic (exact) mass is 222 g/mol. The van der Waals surface area contributed by atoms with Gasteiger partial charge in [0.25, 0.3) is 0 Å². The molecule has 1 aromatic rings. The molecule has 80 valence electrons. The molecule has 0 fully saturated rings. The molecule has 0 amide bonds. The third kappa shape index (κ3) is 1.17. The Kier molecular flexibility index (Phi) is 2.06. The van der Waals surface area contributed by atoms with Crippen LogP contribution in [0, 0.1) is 0 Å². The average Bonchev–Trinajstić information content (AvgIpc) is 2.84. The van der Waals surface area contributed by atoms with Gasteiger partial charge in [0.15, 0.2) is 0 Å². The van der Waals surface area contributed by atoms with Crippen LogP contribution < -0.4 is 10.7 Å². The summed E-state index contributed by atoms with van der Waals surface area (Å²) in [6.07, 6.45) is 5.18. The molecular weight excluding hydrogens is 208 g/mol. The summed E-state index contributed by atoms with van der Waals surface area (Å²) >= 11 is 1.57. The maximum Gasteiger partial charge on any atom is 0.200 e. The van der Waals surface area contributed by atoms with Crippen LogP contribution in [-0.2, 0) is 19.4 Å². The van der Waals surface area contributed by atoms with E-state index in [4.69, 9.17) is 0 Å². The summed E-state index contributed by atoms with van der Waals surface area (Å²) in [5.41, 5.74) is 2.64. The van der Waals surface area contributed by atoms with Crippen molar-refractivity contribution in [3.05, 3.63) is 21.5 Å². The van der Waals surface area contributed by atoms with E-state index in [1.165, 1.54) is 5.69 Å². The highest BCUT2D eigenvalue weighted by molar-refractivity contribution is 7.98. The number of nitrogens with one attached hydrogen (secondary N) is 1. The highest BCUT2D eigenvalue weighted by Crippen LogP contribution is 2.31. The SMILES string of the molecule is CSc1c2n(c3c(c1=O)CCC3)CCN2. The lowest BCUT2D eigenvalue weighted by atomic mass is 10.2. The van der Waals surface area contributed by atoms with Gasteiger partial charge in [0.05, 0.1) is 4.90 Å². The van der Waals surface area contributed by atoms with Crippen LogP contribution >= 0.6 is 11.8 Å². The van der Waals surface area contributed by atoms with Gasteiger partial charge >= 0.3 is 0 Å². The number of hydrogen-bond acceptors (Lipinski definition) is 3. The van der Waals surface area contributed by atoms with Crippen LogP contribution in [0.4, 0.5) is 5.82 Å². The van der Waals surface area contributed by atoms with E-state index in [2.05, 4.69) is 9.88 Å². The molecule has 0 aromatic carbocycles. The minimum atomic E-state index is 0.274. The number of anilines is 1. The van der Waals surface area contributed by atoms with Gasteiger partial charge in [-0.3, -0.25) is 4.79 Å². The van der Waals surface area contributed by atoms with Gasteiger partial charge in [-0.15, -0.1) is 11.8 Å². The molecule has 0 saturated heterocycles. The molecule has 0 bridgehead atoms. The summed E-state index contributed by atoms with van der Waals surface area (Å²) in [4.78, 5) is 13.1. The first-order chi connectivity index (χ1) is 7.33. The largest absolute Gasteiger partial charge is 0.369 e. The third-order valence-corrected chi connectivity index (χ3v) is 4.10. The van der Waals surface area contributed by atoms with Gasteiger partial charge in [0, 0.05) is 24.3 Å². The molecule has 2 aliphatic rings. The Morgan fingerprint density at radius 1 is 1.40 bits per heavy atom. The van der Waals surface area contributed by atoms with Crippen LogP contribution in [0.25, 0.3) is 0 Å². The van der Waals surface area contributed by atoms with Crippen molar-refractivity contribution in [2.75, 3.05) is 18.1 Å². The summed E-state index contributed by atoms with van der Waals surface area (Å²) < 4.78 is 2.32. The Balaban J connectivity index is 2.36. The predicted molar refractivity (Wildman–Crippen MR) is 63.0 cm³/mol. The summed E-state index contributed by atoms with van der Waals surface area (Å²) in [7, 11) is 0. The third-order valence-electron chi connectivity index (χ3n) is 3.31. The fourth-order valence-electron chi connectivity index (χ4n) is 2.67. The van der Waals surface area contributed by atoms with Gasteiger partial charge in [-0.05, 0) is 25.5 Å². The molecular formula is C11H14N2OS. The fraction of sp³-hybridized carbons (Fsp3) is 0.545. The van der Waals surface area contributed by atoms with E-state index in [0.29, 0.717) is 0 Å². The summed E-state index contributed by atoms with van der Waals surface area (Å²) in [6.45, 7) is 1.98. The highest BCUT2D eigenvalue weighted by atomic mass is 32.2. The van der Waals surface area contributed by atoms with Gasteiger partial charge in [-0.25, -0.2) is 0 Å². The van der Waals surface area contributed by atoms with E-state index < -0.39 is 0 Å². The minimum absolute atomic E-state index is 0.274. The summed E-state index contributed by atoms with van der Waals surface area (Å²) in [6, 6.07) is 0. The predicted octanol–water partition coefficient (Wildman–Crippen LogP) is 1.48. The molecule has 1 aliphatic heterocycles. The van der Waals surface area contributed by atoms with Crippen LogP contribution in [0.2, 0.25) is 0 Å². The zero-order chi connectivity index (χ0) is 10.4.